The van der Waals surface area contributed by atoms with Crippen molar-refractivity contribution in [3.63, 3.8) is 0 Å². The Morgan fingerprint density at radius 1 is 1.53 bits per heavy atom. The molecule has 0 saturated carbocycles. The van der Waals surface area contributed by atoms with Gasteiger partial charge in [-0.05, 0) is 18.4 Å². The number of amides is 1. The minimum absolute atomic E-state index is 0.283. The molecule has 0 radical (unpaired) electrons. The van der Waals surface area contributed by atoms with Crippen LogP contribution in [0.5, 0.6) is 0 Å². The van der Waals surface area contributed by atoms with Crippen molar-refractivity contribution in [1.29, 1.82) is 0 Å². The van der Waals surface area contributed by atoms with Crippen LogP contribution in [0.15, 0.2) is 11.4 Å². The second kappa shape index (κ2) is 5.35. The van der Waals surface area contributed by atoms with Gasteiger partial charge in [0.05, 0.1) is 19.3 Å². The van der Waals surface area contributed by atoms with Gasteiger partial charge in [-0.1, -0.05) is 0 Å². The minimum atomic E-state index is -0.579. The summed E-state index contributed by atoms with van der Waals surface area (Å²) < 4.78 is 9.24. The second-order valence-electron chi connectivity index (χ2n) is 2.50. The molecule has 0 atom stereocenters. The van der Waals surface area contributed by atoms with E-state index in [-0.39, 0.29) is 6.61 Å². The number of anilines is 1. The molecule has 0 saturated heterocycles. The van der Waals surface area contributed by atoms with Crippen molar-refractivity contribution < 1.29 is 19.1 Å². The Hall–Kier alpha value is -1.56. The number of hydrogen-bond donors (Lipinski definition) is 1. The molecule has 5 nitrogen and oxygen atoms in total. The summed E-state index contributed by atoms with van der Waals surface area (Å²) in [6.07, 6.45) is -0.579. The zero-order valence-corrected chi connectivity index (χ0v) is 9.22. The Bertz CT molecular complexity index is 361. The van der Waals surface area contributed by atoms with E-state index < -0.39 is 12.1 Å². The molecular formula is C9H11NO4S. The second-order valence-corrected chi connectivity index (χ2v) is 3.42. The van der Waals surface area contributed by atoms with E-state index in [9.17, 15) is 9.59 Å². The highest BCUT2D eigenvalue weighted by molar-refractivity contribution is 7.14. The number of hydrogen-bond acceptors (Lipinski definition) is 5. The molecule has 1 rings (SSSR count). The summed E-state index contributed by atoms with van der Waals surface area (Å²) in [6, 6.07) is 1.58. The molecule has 0 bridgehead atoms. The third kappa shape index (κ3) is 2.95. The maximum absolute atomic E-state index is 11.2. The zero-order chi connectivity index (χ0) is 11.3. The SMILES string of the molecule is CCOC(=O)Nc1sccc1C(=O)OC. The lowest BCUT2D eigenvalue weighted by Gasteiger charge is -2.04. The lowest BCUT2D eigenvalue weighted by molar-refractivity contribution is 0.0602. The molecule has 15 heavy (non-hydrogen) atoms. The maximum Gasteiger partial charge on any atom is 0.412 e. The van der Waals surface area contributed by atoms with Crippen molar-refractivity contribution in [2.45, 2.75) is 6.92 Å². The molecule has 0 unspecified atom stereocenters. The van der Waals surface area contributed by atoms with E-state index in [4.69, 9.17) is 0 Å². The van der Waals surface area contributed by atoms with Crippen molar-refractivity contribution >= 4 is 28.4 Å². The number of rotatable bonds is 3. The predicted octanol–water partition coefficient (Wildman–Crippen LogP) is 2.10. The Labute approximate surface area is 91.0 Å². The van der Waals surface area contributed by atoms with Crippen molar-refractivity contribution in [3.8, 4) is 0 Å². The fourth-order valence-electron chi connectivity index (χ4n) is 0.937. The van der Waals surface area contributed by atoms with Crippen LogP contribution < -0.4 is 5.32 Å². The van der Waals surface area contributed by atoms with Crippen molar-refractivity contribution in [3.05, 3.63) is 17.0 Å². The van der Waals surface area contributed by atoms with Crippen LogP contribution in [0.4, 0.5) is 9.80 Å². The number of carbonyl (C=O) groups excluding carboxylic acids is 2. The van der Waals surface area contributed by atoms with E-state index in [1.54, 1.807) is 18.4 Å². The summed E-state index contributed by atoms with van der Waals surface area (Å²) >= 11 is 1.23. The lowest BCUT2D eigenvalue weighted by atomic mass is 10.3. The number of methoxy groups -OCH3 is 1. The standard InChI is InChI=1S/C9H11NO4S/c1-3-14-9(12)10-7-6(4-5-15-7)8(11)13-2/h4-5H,3H2,1-2H3,(H,10,12). The van der Waals surface area contributed by atoms with Crippen LogP contribution in [0.25, 0.3) is 0 Å². The molecule has 1 amide bonds. The highest BCUT2D eigenvalue weighted by Crippen LogP contribution is 2.23. The molecule has 82 valence electrons. The quantitative estimate of drug-likeness (QED) is 0.806. The molecule has 1 aromatic rings. The highest BCUT2D eigenvalue weighted by atomic mass is 32.1. The smallest absolute Gasteiger partial charge is 0.412 e. The summed E-state index contributed by atoms with van der Waals surface area (Å²) in [7, 11) is 1.29. The number of thiophene rings is 1. The fraction of sp³-hybridized carbons (Fsp3) is 0.333. The van der Waals surface area contributed by atoms with E-state index >= 15 is 0 Å². The van der Waals surface area contributed by atoms with Crippen molar-refractivity contribution in [2.75, 3.05) is 19.0 Å². The van der Waals surface area contributed by atoms with E-state index in [2.05, 4.69) is 14.8 Å². The van der Waals surface area contributed by atoms with Crippen LogP contribution in [0.3, 0.4) is 0 Å². The minimum Gasteiger partial charge on any atom is -0.465 e. The topological polar surface area (TPSA) is 64.6 Å². The summed E-state index contributed by atoms with van der Waals surface area (Å²) in [4.78, 5) is 22.3. The van der Waals surface area contributed by atoms with Crippen LogP contribution in [0.2, 0.25) is 0 Å². The van der Waals surface area contributed by atoms with Gasteiger partial charge in [0.2, 0.25) is 0 Å². The summed E-state index contributed by atoms with van der Waals surface area (Å²) in [6.45, 7) is 1.99. The molecule has 0 aliphatic rings. The van der Waals surface area contributed by atoms with Gasteiger partial charge in [0.1, 0.15) is 5.00 Å². The van der Waals surface area contributed by atoms with Crippen LogP contribution in [0, 0.1) is 0 Å². The Morgan fingerprint density at radius 2 is 2.27 bits per heavy atom. The lowest BCUT2D eigenvalue weighted by Crippen LogP contribution is -2.14. The number of nitrogens with one attached hydrogen (secondary N) is 1. The predicted molar refractivity (Wildman–Crippen MR) is 56.3 cm³/mol. The van der Waals surface area contributed by atoms with Gasteiger partial charge >= 0.3 is 12.1 Å². The van der Waals surface area contributed by atoms with E-state index in [0.717, 1.165) is 0 Å². The largest absolute Gasteiger partial charge is 0.465 e. The first-order valence-electron chi connectivity index (χ1n) is 4.28. The van der Waals surface area contributed by atoms with Gasteiger partial charge in [0.25, 0.3) is 0 Å². The Balaban J connectivity index is 2.73. The fourth-order valence-corrected chi connectivity index (χ4v) is 1.70. The highest BCUT2D eigenvalue weighted by Gasteiger charge is 2.15. The summed E-state index contributed by atoms with van der Waals surface area (Å²) in [5, 5.41) is 4.58. The average molecular weight is 229 g/mol. The summed E-state index contributed by atoms with van der Waals surface area (Å²) in [5.41, 5.74) is 0.329. The maximum atomic E-state index is 11.2. The van der Waals surface area contributed by atoms with Crippen LogP contribution in [0.1, 0.15) is 17.3 Å². The molecule has 1 heterocycles. The molecule has 0 aliphatic heterocycles. The first-order chi connectivity index (χ1) is 7.19. The molecule has 1 N–H and O–H groups in total. The Morgan fingerprint density at radius 3 is 2.87 bits per heavy atom. The van der Waals surface area contributed by atoms with E-state index in [1.807, 2.05) is 0 Å². The molecule has 6 heteroatoms. The average Bonchev–Trinajstić information content (AvgIpc) is 2.65. The molecular weight excluding hydrogens is 218 g/mol. The van der Waals surface area contributed by atoms with Gasteiger partial charge < -0.3 is 9.47 Å². The van der Waals surface area contributed by atoms with Crippen LogP contribution in [-0.4, -0.2) is 25.8 Å². The van der Waals surface area contributed by atoms with Crippen molar-refractivity contribution in [2.24, 2.45) is 0 Å². The normalized spacial score (nSPS) is 9.47. The molecule has 0 fully saturated rings. The van der Waals surface area contributed by atoms with Crippen molar-refractivity contribution in [1.82, 2.24) is 0 Å². The van der Waals surface area contributed by atoms with Crippen LogP contribution in [-0.2, 0) is 9.47 Å². The third-order valence-corrected chi connectivity index (χ3v) is 2.39. The zero-order valence-electron chi connectivity index (χ0n) is 8.40. The van der Waals surface area contributed by atoms with Crippen LogP contribution >= 0.6 is 11.3 Å². The molecule has 1 aromatic heterocycles. The van der Waals surface area contributed by atoms with Gasteiger partial charge in [-0.15, -0.1) is 11.3 Å². The molecule has 0 aliphatic carbocycles. The van der Waals surface area contributed by atoms with E-state index in [0.29, 0.717) is 10.6 Å². The first kappa shape index (κ1) is 11.5. The summed E-state index contributed by atoms with van der Waals surface area (Å²) in [5.74, 6) is -0.483. The van der Waals surface area contributed by atoms with E-state index in [1.165, 1.54) is 18.4 Å². The van der Waals surface area contributed by atoms with Gasteiger partial charge in [-0.25, -0.2) is 9.59 Å². The van der Waals surface area contributed by atoms with Gasteiger partial charge in [0, 0.05) is 0 Å². The Kier molecular flexibility index (Phi) is 4.11. The molecule has 0 aromatic carbocycles. The molecule has 0 spiro atoms. The first-order valence-corrected chi connectivity index (χ1v) is 5.16. The third-order valence-electron chi connectivity index (χ3n) is 1.56. The monoisotopic (exact) mass is 229 g/mol. The number of carbonyl (C=O) groups is 2. The number of esters is 1. The number of ether oxygens (including phenoxy) is 2. The van der Waals surface area contributed by atoms with Gasteiger partial charge in [-0.2, -0.15) is 0 Å². The van der Waals surface area contributed by atoms with Gasteiger partial charge in [-0.3, -0.25) is 5.32 Å². The van der Waals surface area contributed by atoms with Gasteiger partial charge in [0.15, 0.2) is 0 Å².